The Morgan fingerprint density at radius 3 is 2.07 bits per heavy atom. The highest BCUT2D eigenvalue weighted by molar-refractivity contribution is 5.60. The molecule has 0 atom stereocenters. The second-order valence-electron chi connectivity index (χ2n) is 6.70. The van der Waals surface area contributed by atoms with Crippen LogP contribution in [-0.2, 0) is 6.18 Å². The number of halogens is 3. The normalized spacial score (nSPS) is 14.6. The van der Waals surface area contributed by atoms with Gasteiger partial charge in [0.2, 0.25) is 0 Å². The highest BCUT2D eigenvalue weighted by Gasteiger charge is 2.30. The van der Waals surface area contributed by atoms with E-state index in [1.165, 1.54) is 25.3 Å². The summed E-state index contributed by atoms with van der Waals surface area (Å²) in [5.74, 6) is 12.9. The van der Waals surface area contributed by atoms with Gasteiger partial charge in [0.1, 0.15) is 0 Å². The van der Waals surface area contributed by atoms with Crippen molar-refractivity contribution in [1.82, 2.24) is 0 Å². The van der Waals surface area contributed by atoms with E-state index >= 15 is 0 Å². The topological polar surface area (TPSA) is 26.0 Å². The largest absolute Gasteiger partial charge is 0.416 e. The van der Waals surface area contributed by atoms with Crippen molar-refractivity contribution in [2.24, 2.45) is 5.92 Å². The van der Waals surface area contributed by atoms with Gasteiger partial charge in [-0.1, -0.05) is 55.1 Å². The summed E-state index contributed by atoms with van der Waals surface area (Å²) in [4.78, 5) is 0. The number of rotatable bonds is 0. The first-order chi connectivity index (χ1) is 12.9. The summed E-state index contributed by atoms with van der Waals surface area (Å²) < 4.78 is 38.2. The molecule has 0 bridgehead atoms. The number of nitrogen functional groups attached to an aromatic ring is 1. The summed E-state index contributed by atoms with van der Waals surface area (Å²) in [6.07, 6.45) is 1.62. The Bertz CT molecular complexity index is 930. The van der Waals surface area contributed by atoms with Gasteiger partial charge in [-0.2, -0.15) is 13.2 Å². The van der Waals surface area contributed by atoms with E-state index in [1.807, 2.05) is 24.3 Å². The minimum atomic E-state index is -4.42. The van der Waals surface area contributed by atoms with Crippen LogP contribution in [0.5, 0.6) is 0 Å². The Morgan fingerprint density at radius 2 is 1.44 bits per heavy atom. The highest BCUT2D eigenvalue weighted by atomic mass is 19.4. The molecule has 1 aliphatic rings. The summed E-state index contributed by atoms with van der Waals surface area (Å²) in [6, 6.07) is 10.8. The first-order valence-corrected chi connectivity index (χ1v) is 9.03. The van der Waals surface area contributed by atoms with E-state index in [-0.39, 0.29) is 5.69 Å². The standard InChI is InChI=1S/C23H20F3N/c24-23(25,26)21-15-14-20(22(27)16-21)13-12-19-9-5-4-8-18(19)11-10-17-6-2-1-3-7-17/h4-5,8-9,14-17H,1-3,6-7,27H2. The van der Waals surface area contributed by atoms with Gasteiger partial charge in [-0.3, -0.25) is 0 Å². The van der Waals surface area contributed by atoms with E-state index in [0.29, 0.717) is 11.5 Å². The highest BCUT2D eigenvalue weighted by Crippen LogP contribution is 2.31. The van der Waals surface area contributed by atoms with Crippen LogP contribution in [0.1, 0.15) is 54.4 Å². The van der Waals surface area contributed by atoms with Gasteiger partial charge >= 0.3 is 6.18 Å². The van der Waals surface area contributed by atoms with Gasteiger partial charge < -0.3 is 5.73 Å². The molecular formula is C23H20F3N. The fraction of sp³-hybridized carbons (Fsp3) is 0.304. The van der Waals surface area contributed by atoms with Crippen LogP contribution in [0.4, 0.5) is 18.9 Å². The molecule has 2 aromatic rings. The molecule has 138 valence electrons. The maximum atomic E-state index is 12.7. The van der Waals surface area contributed by atoms with Crippen LogP contribution in [0, 0.1) is 29.6 Å². The Morgan fingerprint density at radius 1 is 0.815 bits per heavy atom. The maximum Gasteiger partial charge on any atom is 0.416 e. The lowest BCUT2D eigenvalue weighted by atomic mass is 9.89. The van der Waals surface area contributed by atoms with Crippen LogP contribution in [0.25, 0.3) is 0 Å². The average Bonchev–Trinajstić information content (AvgIpc) is 2.66. The van der Waals surface area contributed by atoms with Gasteiger partial charge in [0.05, 0.1) is 5.56 Å². The fourth-order valence-corrected chi connectivity index (χ4v) is 3.12. The molecule has 0 unspecified atom stereocenters. The van der Waals surface area contributed by atoms with E-state index in [1.54, 1.807) is 0 Å². The van der Waals surface area contributed by atoms with Crippen molar-refractivity contribution in [2.45, 2.75) is 38.3 Å². The molecule has 2 N–H and O–H groups in total. The van der Waals surface area contributed by atoms with Crippen LogP contribution in [0.2, 0.25) is 0 Å². The van der Waals surface area contributed by atoms with Gasteiger partial charge in [-0.05, 0) is 43.2 Å². The quantitative estimate of drug-likeness (QED) is 0.475. The predicted octanol–water partition coefficient (Wildman–Crippen LogP) is 5.62. The minimum Gasteiger partial charge on any atom is -0.398 e. The molecule has 1 aliphatic carbocycles. The Balaban J connectivity index is 1.84. The molecule has 4 heteroatoms. The number of benzene rings is 2. The van der Waals surface area contributed by atoms with Crippen LogP contribution in [-0.4, -0.2) is 0 Å². The van der Waals surface area contributed by atoms with Gasteiger partial charge in [0.15, 0.2) is 0 Å². The number of hydrogen-bond acceptors (Lipinski definition) is 1. The number of anilines is 1. The molecule has 1 fully saturated rings. The van der Waals surface area contributed by atoms with Crippen LogP contribution < -0.4 is 5.73 Å². The summed E-state index contributed by atoms with van der Waals surface area (Å²) in [5.41, 5.74) is 6.95. The Labute approximate surface area is 157 Å². The molecule has 0 saturated heterocycles. The molecule has 0 amide bonds. The summed E-state index contributed by atoms with van der Waals surface area (Å²) in [6.45, 7) is 0. The third kappa shape index (κ3) is 5.08. The monoisotopic (exact) mass is 367 g/mol. The molecule has 0 spiro atoms. The third-order valence-electron chi connectivity index (χ3n) is 4.65. The molecule has 0 aliphatic heterocycles. The SMILES string of the molecule is Nc1cc(C(F)(F)F)ccc1C#Cc1ccccc1C#CC1CCCCC1. The zero-order valence-corrected chi connectivity index (χ0v) is 14.9. The van der Waals surface area contributed by atoms with Gasteiger partial charge in [0, 0.05) is 28.3 Å². The molecular weight excluding hydrogens is 347 g/mol. The Kier molecular flexibility index (Phi) is 5.77. The van der Waals surface area contributed by atoms with Crippen molar-refractivity contribution in [3.63, 3.8) is 0 Å². The molecule has 3 rings (SSSR count). The zero-order chi connectivity index (χ0) is 19.3. The lowest BCUT2D eigenvalue weighted by Crippen LogP contribution is -2.06. The van der Waals surface area contributed by atoms with Crippen molar-refractivity contribution < 1.29 is 13.2 Å². The van der Waals surface area contributed by atoms with Gasteiger partial charge in [-0.15, -0.1) is 0 Å². The molecule has 27 heavy (non-hydrogen) atoms. The minimum absolute atomic E-state index is 0.0168. The van der Waals surface area contributed by atoms with Crippen molar-refractivity contribution >= 4 is 5.69 Å². The number of nitrogens with two attached hydrogens (primary N) is 1. The van der Waals surface area contributed by atoms with Crippen LogP contribution in [0.15, 0.2) is 42.5 Å². The summed E-state index contributed by atoms with van der Waals surface area (Å²) in [5, 5.41) is 0. The molecule has 0 radical (unpaired) electrons. The van der Waals surface area contributed by atoms with E-state index in [0.717, 1.165) is 36.1 Å². The van der Waals surface area contributed by atoms with Gasteiger partial charge in [0.25, 0.3) is 0 Å². The predicted molar refractivity (Wildman–Crippen MR) is 102 cm³/mol. The van der Waals surface area contributed by atoms with Crippen molar-refractivity contribution in [3.8, 4) is 23.7 Å². The maximum absolute atomic E-state index is 12.7. The second-order valence-corrected chi connectivity index (χ2v) is 6.70. The van der Waals surface area contributed by atoms with E-state index in [9.17, 15) is 13.2 Å². The molecule has 0 heterocycles. The lowest BCUT2D eigenvalue weighted by molar-refractivity contribution is -0.137. The van der Waals surface area contributed by atoms with E-state index in [2.05, 4.69) is 23.7 Å². The summed E-state index contributed by atoms with van der Waals surface area (Å²) in [7, 11) is 0. The first kappa shape index (κ1) is 18.9. The van der Waals surface area contributed by atoms with Crippen molar-refractivity contribution in [2.75, 3.05) is 5.73 Å². The first-order valence-electron chi connectivity index (χ1n) is 9.03. The smallest absolute Gasteiger partial charge is 0.398 e. The van der Waals surface area contributed by atoms with Crippen molar-refractivity contribution in [1.29, 1.82) is 0 Å². The number of alkyl halides is 3. The summed E-state index contributed by atoms with van der Waals surface area (Å²) >= 11 is 0. The van der Waals surface area contributed by atoms with Gasteiger partial charge in [-0.25, -0.2) is 0 Å². The second kappa shape index (κ2) is 8.23. The van der Waals surface area contributed by atoms with Crippen molar-refractivity contribution in [3.05, 3.63) is 64.7 Å². The Hall–Kier alpha value is -2.85. The van der Waals surface area contributed by atoms with Crippen LogP contribution in [0.3, 0.4) is 0 Å². The lowest BCUT2D eigenvalue weighted by Gasteiger charge is -2.15. The zero-order valence-electron chi connectivity index (χ0n) is 14.9. The van der Waals surface area contributed by atoms with Crippen LogP contribution >= 0.6 is 0 Å². The number of hydrogen-bond donors (Lipinski definition) is 1. The third-order valence-corrected chi connectivity index (χ3v) is 4.65. The van der Waals surface area contributed by atoms with E-state index in [4.69, 9.17) is 5.73 Å². The molecule has 1 nitrogen and oxygen atoms in total. The van der Waals surface area contributed by atoms with E-state index < -0.39 is 11.7 Å². The fourth-order valence-electron chi connectivity index (χ4n) is 3.12. The average molecular weight is 367 g/mol. The molecule has 1 saturated carbocycles. The molecule has 2 aromatic carbocycles. The molecule has 0 aromatic heterocycles.